The summed E-state index contributed by atoms with van der Waals surface area (Å²) in [6.07, 6.45) is 7.94. The molecule has 0 aliphatic heterocycles. The number of rotatable bonds is 12. The molecule has 10 aromatic carbocycles. The Balaban J connectivity index is 0.967. The van der Waals surface area contributed by atoms with Crippen LogP contribution in [0.2, 0.25) is 0 Å². The summed E-state index contributed by atoms with van der Waals surface area (Å²) >= 11 is 0. The van der Waals surface area contributed by atoms with Crippen LogP contribution in [-0.4, -0.2) is 6.04 Å². The lowest BCUT2D eigenvalue weighted by Gasteiger charge is -2.35. The number of hydrogen-bond donors (Lipinski definition) is 0. The lowest BCUT2D eigenvalue weighted by Crippen LogP contribution is -2.30. The highest BCUT2D eigenvalue weighted by Gasteiger charge is 2.24. The molecule has 2 heteroatoms. The second kappa shape index (κ2) is 19.4. The summed E-state index contributed by atoms with van der Waals surface area (Å²) < 4.78 is 0. The molecular formula is C66H50N2. The molecule has 1 aliphatic carbocycles. The zero-order valence-corrected chi connectivity index (χ0v) is 37.8. The smallest absolute Gasteiger partial charge is 0.0560 e. The van der Waals surface area contributed by atoms with Crippen LogP contribution in [0.15, 0.2) is 285 Å². The number of nitrogens with zero attached hydrogens (tertiary/aromatic N) is 2. The van der Waals surface area contributed by atoms with Gasteiger partial charge in [0.2, 0.25) is 0 Å². The first-order chi connectivity index (χ1) is 33.7. The first-order valence-corrected chi connectivity index (χ1v) is 23.5. The lowest BCUT2D eigenvalue weighted by atomic mass is 9.93. The molecular weight excluding hydrogens is 821 g/mol. The van der Waals surface area contributed by atoms with Crippen LogP contribution < -0.4 is 9.80 Å². The molecule has 0 amide bonds. The molecule has 0 bridgehead atoms. The van der Waals surface area contributed by atoms with Crippen LogP contribution in [0.1, 0.15) is 12.0 Å². The molecule has 2 nitrogen and oxygen atoms in total. The minimum absolute atomic E-state index is 0.104. The van der Waals surface area contributed by atoms with Gasteiger partial charge in [-0.2, -0.15) is 0 Å². The molecule has 324 valence electrons. The van der Waals surface area contributed by atoms with Gasteiger partial charge in [0, 0.05) is 34.0 Å². The minimum Gasteiger partial charge on any atom is -0.334 e. The third kappa shape index (κ3) is 8.96. The van der Waals surface area contributed by atoms with Crippen molar-refractivity contribution in [3.05, 3.63) is 291 Å². The van der Waals surface area contributed by atoms with Gasteiger partial charge in [0.1, 0.15) is 0 Å². The summed E-state index contributed by atoms with van der Waals surface area (Å²) in [5.74, 6) is 0. The Bertz CT molecular complexity index is 3210. The predicted octanol–water partition coefficient (Wildman–Crippen LogP) is 18.0. The van der Waals surface area contributed by atoms with Crippen LogP contribution in [0.4, 0.5) is 28.4 Å². The van der Waals surface area contributed by atoms with E-state index in [4.69, 9.17) is 0 Å². The summed E-state index contributed by atoms with van der Waals surface area (Å²) in [6, 6.07) is 96.4. The first-order valence-electron chi connectivity index (χ1n) is 23.5. The highest BCUT2D eigenvalue weighted by Crippen LogP contribution is 2.43. The Hall–Kier alpha value is -8.72. The van der Waals surface area contributed by atoms with Crippen molar-refractivity contribution < 1.29 is 0 Å². The van der Waals surface area contributed by atoms with Gasteiger partial charge in [0.25, 0.3) is 0 Å². The zero-order chi connectivity index (χ0) is 45.5. The van der Waals surface area contributed by atoms with E-state index in [0.717, 1.165) is 40.3 Å². The second-order valence-electron chi connectivity index (χ2n) is 17.3. The SMILES string of the molecule is C1=CC(N(c2ccc(-c3ccccc3)cc2)c2ccc(-c3ccc(N(c4ccc(-c5ccccc5)cc4)c4ccc(-c5ccccc5)cc4)cc3)cc2-c2ccccc2)CC=C1c1ccccc1. The molecule has 10 aromatic rings. The molecule has 68 heavy (non-hydrogen) atoms. The summed E-state index contributed by atoms with van der Waals surface area (Å²) in [5, 5.41) is 0. The van der Waals surface area contributed by atoms with Crippen LogP contribution >= 0.6 is 0 Å². The molecule has 0 saturated heterocycles. The van der Waals surface area contributed by atoms with Gasteiger partial charge in [-0.1, -0.05) is 224 Å². The quantitative estimate of drug-likeness (QED) is 0.121. The van der Waals surface area contributed by atoms with E-state index < -0.39 is 0 Å². The van der Waals surface area contributed by atoms with Crippen molar-refractivity contribution in [3.8, 4) is 55.6 Å². The van der Waals surface area contributed by atoms with Crippen LogP contribution in [0.3, 0.4) is 0 Å². The molecule has 11 rings (SSSR count). The molecule has 0 radical (unpaired) electrons. The Kier molecular flexibility index (Phi) is 12.0. The van der Waals surface area contributed by atoms with Crippen LogP contribution in [0, 0.1) is 0 Å². The molecule has 1 unspecified atom stereocenters. The van der Waals surface area contributed by atoms with E-state index in [1.54, 1.807) is 0 Å². The van der Waals surface area contributed by atoms with Crippen LogP contribution in [-0.2, 0) is 0 Å². The van der Waals surface area contributed by atoms with Crippen molar-refractivity contribution in [3.63, 3.8) is 0 Å². The maximum Gasteiger partial charge on any atom is 0.0560 e. The fourth-order valence-corrected chi connectivity index (χ4v) is 9.49. The summed E-state index contributed by atoms with van der Waals surface area (Å²) in [7, 11) is 0. The molecule has 0 aromatic heterocycles. The number of allylic oxidation sites excluding steroid dienone is 2. The van der Waals surface area contributed by atoms with Crippen LogP contribution in [0.5, 0.6) is 0 Å². The lowest BCUT2D eigenvalue weighted by molar-refractivity contribution is 0.788. The fraction of sp³-hybridized carbons (Fsp3) is 0.0303. The molecule has 0 saturated carbocycles. The molecule has 0 spiro atoms. The Morgan fingerprint density at radius 1 is 0.294 bits per heavy atom. The third-order valence-corrected chi connectivity index (χ3v) is 13.0. The van der Waals surface area contributed by atoms with Gasteiger partial charge in [0.05, 0.1) is 6.04 Å². The maximum atomic E-state index is 2.53. The number of anilines is 5. The molecule has 1 aliphatic rings. The normalized spacial score (nSPS) is 13.1. The topological polar surface area (TPSA) is 6.48 Å². The Morgan fingerprint density at radius 2 is 0.632 bits per heavy atom. The first kappa shape index (κ1) is 41.9. The van der Waals surface area contributed by atoms with E-state index in [1.165, 1.54) is 61.3 Å². The van der Waals surface area contributed by atoms with E-state index in [-0.39, 0.29) is 6.04 Å². The highest BCUT2D eigenvalue weighted by molar-refractivity contribution is 5.89. The van der Waals surface area contributed by atoms with Gasteiger partial charge in [-0.3, -0.25) is 0 Å². The van der Waals surface area contributed by atoms with Crippen LogP contribution in [0.25, 0.3) is 61.2 Å². The van der Waals surface area contributed by atoms with Crippen molar-refractivity contribution in [2.75, 3.05) is 9.80 Å². The van der Waals surface area contributed by atoms with Crippen molar-refractivity contribution in [1.82, 2.24) is 0 Å². The molecule has 0 fully saturated rings. The summed E-state index contributed by atoms with van der Waals surface area (Å²) in [5.41, 5.74) is 20.0. The van der Waals surface area contributed by atoms with E-state index in [2.05, 4.69) is 295 Å². The van der Waals surface area contributed by atoms with E-state index in [9.17, 15) is 0 Å². The van der Waals surface area contributed by atoms with Crippen molar-refractivity contribution in [2.24, 2.45) is 0 Å². The highest BCUT2D eigenvalue weighted by atomic mass is 15.2. The van der Waals surface area contributed by atoms with Crippen molar-refractivity contribution >= 4 is 34.0 Å². The van der Waals surface area contributed by atoms with Gasteiger partial charge in [0.15, 0.2) is 0 Å². The standard InChI is InChI=1S/C66H50N2/c1-6-16-49(17-7-1)53-26-37-60(38-27-53)67(61-39-28-54(29-40-61)50-18-8-2-9-19-50)62-41-34-57(35-42-62)59-36-47-66(65(48-59)58-24-14-5-15-25-58)68(63-43-30-55(31-44-63)51-20-10-3-11-21-51)64-45-32-56(33-46-64)52-22-12-4-13-23-52/h1-45,47-48,64H,46H2. The largest absolute Gasteiger partial charge is 0.334 e. The summed E-state index contributed by atoms with van der Waals surface area (Å²) in [4.78, 5) is 4.88. The minimum atomic E-state index is 0.104. The van der Waals surface area contributed by atoms with Crippen molar-refractivity contribution in [1.29, 1.82) is 0 Å². The van der Waals surface area contributed by atoms with Gasteiger partial charge in [-0.05, 0) is 128 Å². The fourth-order valence-electron chi connectivity index (χ4n) is 9.49. The van der Waals surface area contributed by atoms with Gasteiger partial charge >= 0.3 is 0 Å². The number of benzene rings is 10. The second-order valence-corrected chi connectivity index (χ2v) is 17.3. The van der Waals surface area contributed by atoms with Gasteiger partial charge < -0.3 is 9.80 Å². The van der Waals surface area contributed by atoms with Gasteiger partial charge in [-0.25, -0.2) is 0 Å². The average molecular weight is 871 g/mol. The van der Waals surface area contributed by atoms with Crippen molar-refractivity contribution in [2.45, 2.75) is 12.5 Å². The van der Waals surface area contributed by atoms with Gasteiger partial charge in [-0.15, -0.1) is 0 Å². The zero-order valence-electron chi connectivity index (χ0n) is 37.8. The average Bonchev–Trinajstić information content (AvgIpc) is 3.43. The van der Waals surface area contributed by atoms with E-state index in [1.807, 2.05) is 0 Å². The maximum absolute atomic E-state index is 2.53. The Morgan fingerprint density at radius 3 is 1.03 bits per heavy atom. The molecule has 1 atom stereocenters. The van der Waals surface area contributed by atoms with E-state index >= 15 is 0 Å². The van der Waals surface area contributed by atoms with E-state index in [0.29, 0.717) is 0 Å². The number of hydrogen-bond acceptors (Lipinski definition) is 2. The summed E-state index contributed by atoms with van der Waals surface area (Å²) in [6.45, 7) is 0. The molecule has 0 heterocycles. The molecule has 0 N–H and O–H groups in total. The predicted molar refractivity (Wildman–Crippen MR) is 289 cm³/mol. The third-order valence-electron chi connectivity index (χ3n) is 13.0. The monoisotopic (exact) mass is 870 g/mol. The Labute approximate surface area is 400 Å².